The molecule has 1 fully saturated rings. The molecule has 78 valence electrons. The van der Waals surface area contributed by atoms with Crippen LogP contribution in [-0.2, 0) is 0 Å². The van der Waals surface area contributed by atoms with Crippen molar-refractivity contribution in [3.05, 3.63) is 0 Å². The molecular formula is C9H19NO3. The monoisotopic (exact) mass is 189 g/mol. The van der Waals surface area contributed by atoms with Gasteiger partial charge in [0.1, 0.15) is 0 Å². The van der Waals surface area contributed by atoms with Gasteiger partial charge >= 0.3 is 0 Å². The van der Waals surface area contributed by atoms with Gasteiger partial charge in [0.15, 0.2) is 0 Å². The highest BCUT2D eigenvalue weighted by atomic mass is 16.3. The number of aliphatic hydroxyl groups excluding tert-OH is 3. The van der Waals surface area contributed by atoms with E-state index in [0.29, 0.717) is 6.54 Å². The Morgan fingerprint density at radius 1 is 1.38 bits per heavy atom. The summed E-state index contributed by atoms with van der Waals surface area (Å²) in [6.45, 7) is 2.41. The summed E-state index contributed by atoms with van der Waals surface area (Å²) in [7, 11) is 0. The Bertz CT molecular complexity index is 154. The minimum atomic E-state index is -0.789. The fourth-order valence-corrected chi connectivity index (χ4v) is 1.93. The third kappa shape index (κ3) is 2.40. The van der Waals surface area contributed by atoms with Crippen LogP contribution in [0.5, 0.6) is 0 Å². The van der Waals surface area contributed by atoms with Crippen LogP contribution in [0.4, 0.5) is 0 Å². The molecule has 0 bridgehead atoms. The molecule has 1 rings (SSSR count). The summed E-state index contributed by atoms with van der Waals surface area (Å²) in [6, 6.07) is 0.133. The van der Waals surface area contributed by atoms with Gasteiger partial charge in [-0.15, -0.1) is 0 Å². The smallest absolute Gasteiger partial charge is 0.0927 e. The summed E-state index contributed by atoms with van der Waals surface area (Å²) in [5.74, 6) is -0.233. The van der Waals surface area contributed by atoms with Crippen LogP contribution in [0.15, 0.2) is 0 Å². The molecule has 1 saturated heterocycles. The zero-order valence-electron chi connectivity index (χ0n) is 7.98. The summed E-state index contributed by atoms with van der Waals surface area (Å²) < 4.78 is 0. The quantitative estimate of drug-likeness (QED) is 0.464. The molecule has 0 amide bonds. The van der Waals surface area contributed by atoms with Crippen LogP contribution in [0.25, 0.3) is 0 Å². The Labute approximate surface area is 78.6 Å². The predicted octanol–water partition coefficient (Wildman–Crippen LogP) is -0.911. The molecule has 4 atom stereocenters. The van der Waals surface area contributed by atoms with Gasteiger partial charge in [-0.05, 0) is 6.42 Å². The lowest BCUT2D eigenvalue weighted by Crippen LogP contribution is -2.57. The van der Waals surface area contributed by atoms with Crippen molar-refractivity contribution in [2.24, 2.45) is 5.92 Å². The number of nitrogens with one attached hydrogen (secondary N) is 1. The van der Waals surface area contributed by atoms with Crippen LogP contribution in [0.3, 0.4) is 0 Å². The molecule has 0 aromatic heterocycles. The summed E-state index contributed by atoms with van der Waals surface area (Å²) in [6.07, 6.45) is 0.402. The molecule has 0 radical (unpaired) electrons. The average molecular weight is 189 g/mol. The Kier molecular flexibility index (Phi) is 4.12. The van der Waals surface area contributed by atoms with E-state index < -0.39 is 12.2 Å². The van der Waals surface area contributed by atoms with Gasteiger partial charge in [0.2, 0.25) is 0 Å². The number of hydrogen-bond acceptors (Lipinski definition) is 4. The molecule has 4 heteroatoms. The average Bonchev–Trinajstić information content (AvgIpc) is 2.12. The molecule has 1 aliphatic rings. The van der Waals surface area contributed by atoms with Crippen LogP contribution in [0.2, 0.25) is 0 Å². The van der Waals surface area contributed by atoms with Crippen molar-refractivity contribution in [1.29, 1.82) is 0 Å². The number of β-amino-alcohol motifs (C(OH)–C–C–N with tert-alkyl or cyclic N) is 1. The van der Waals surface area contributed by atoms with Gasteiger partial charge in [-0.25, -0.2) is 0 Å². The van der Waals surface area contributed by atoms with Gasteiger partial charge in [-0.1, -0.05) is 13.3 Å². The third-order valence-electron chi connectivity index (χ3n) is 2.75. The first-order valence-corrected chi connectivity index (χ1v) is 4.91. The second kappa shape index (κ2) is 4.91. The molecule has 13 heavy (non-hydrogen) atoms. The zero-order chi connectivity index (χ0) is 9.84. The van der Waals surface area contributed by atoms with E-state index in [1.54, 1.807) is 0 Å². The molecule has 0 spiro atoms. The predicted molar refractivity (Wildman–Crippen MR) is 49.3 cm³/mol. The van der Waals surface area contributed by atoms with Gasteiger partial charge in [-0.2, -0.15) is 0 Å². The van der Waals surface area contributed by atoms with Crippen molar-refractivity contribution in [3.8, 4) is 0 Å². The van der Waals surface area contributed by atoms with Crippen molar-refractivity contribution in [2.75, 3.05) is 13.2 Å². The minimum Gasteiger partial charge on any atom is -0.396 e. The lowest BCUT2D eigenvalue weighted by Gasteiger charge is -2.38. The Morgan fingerprint density at radius 3 is 2.62 bits per heavy atom. The second-order valence-corrected chi connectivity index (χ2v) is 3.71. The molecule has 4 nitrogen and oxygen atoms in total. The topological polar surface area (TPSA) is 72.7 Å². The highest BCUT2D eigenvalue weighted by molar-refractivity contribution is 4.91. The first kappa shape index (κ1) is 10.9. The third-order valence-corrected chi connectivity index (χ3v) is 2.75. The summed E-state index contributed by atoms with van der Waals surface area (Å²) in [5.41, 5.74) is 0. The Hall–Kier alpha value is -0.160. The summed E-state index contributed by atoms with van der Waals surface area (Å²) in [5, 5.41) is 31.1. The Morgan fingerprint density at radius 2 is 2.08 bits per heavy atom. The van der Waals surface area contributed by atoms with Crippen LogP contribution < -0.4 is 5.32 Å². The van der Waals surface area contributed by atoms with Crippen LogP contribution in [0.1, 0.15) is 19.8 Å². The number of hydrogen-bond donors (Lipinski definition) is 4. The highest BCUT2D eigenvalue weighted by Gasteiger charge is 2.36. The normalized spacial score (nSPS) is 40.6. The van der Waals surface area contributed by atoms with E-state index in [9.17, 15) is 10.2 Å². The first-order valence-electron chi connectivity index (χ1n) is 4.91. The molecule has 1 aliphatic heterocycles. The largest absolute Gasteiger partial charge is 0.396 e. The van der Waals surface area contributed by atoms with E-state index in [4.69, 9.17) is 5.11 Å². The number of rotatable bonds is 3. The first-order chi connectivity index (χ1) is 6.20. The minimum absolute atomic E-state index is 0.0735. The maximum absolute atomic E-state index is 9.58. The van der Waals surface area contributed by atoms with Gasteiger partial charge in [0.05, 0.1) is 12.2 Å². The molecule has 0 unspecified atom stereocenters. The van der Waals surface area contributed by atoms with Crippen molar-refractivity contribution in [1.82, 2.24) is 5.32 Å². The lowest BCUT2D eigenvalue weighted by atomic mass is 9.85. The number of piperidine rings is 1. The van der Waals surface area contributed by atoms with Crippen molar-refractivity contribution in [2.45, 2.75) is 38.0 Å². The van der Waals surface area contributed by atoms with E-state index in [1.807, 2.05) is 0 Å². The van der Waals surface area contributed by atoms with Crippen molar-refractivity contribution in [3.63, 3.8) is 0 Å². The van der Waals surface area contributed by atoms with Gasteiger partial charge in [-0.3, -0.25) is 0 Å². The maximum atomic E-state index is 9.58. The molecule has 0 aliphatic carbocycles. The standard InChI is InChI=1S/C9H19NO3/c1-2-3-7-6(5-11)9(13)8(12)4-10-7/h6-13H,2-5H2,1H3/t6-,7+,8+,9-/m0/s1. The van der Waals surface area contributed by atoms with Crippen molar-refractivity contribution >= 4 is 0 Å². The van der Waals surface area contributed by atoms with E-state index in [-0.39, 0.29) is 18.6 Å². The van der Waals surface area contributed by atoms with E-state index in [2.05, 4.69) is 12.2 Å². The lowest BCUT2D eigenvalue weighted by molar-refractivity contribution is -0.0677. The molecule has 4 N–H and O–H groups in total. The van der Waals surface area contributed by atoms with Gasteiger partial charge < -0.3 is 20.6 Å². The van der Waals surface area contributed by atoms with Crippen LogP contribution in [-0.4, -0.2) is 46.7 Å². The van der Waals surface area contributed by atoms with Crippen LogP contribution in [0, 0.1) is 5.92 Å². The second-order valence-electron chi connectivity index (χ2n) is 3.71. The highest BCUT2D eigenvalue weighted by Crippen LogP contribution is 2.20. The van der Waals surface area contributed by atoms with Crippen LogP contribution >= 0.6 is 0 Å². The SMILES string of the molecule is CCC[C@H]1NC[C@@H](O)[C@@H](O)[C@H]1CO. The number of aliphatic hydroxyl groups is 3. The van der Waals surface area contributed by atoms with E-state index >= 15 is 0 Å². The zero-order valence-corrected chi connectivity index (χ0v) is 7.98. The molecule has 0 saturated carbocycles. The fourth-order valence-electron chi connectivity index (χ4n) is 1.93. The Balaban J connectivity index is 2.55. The molecular weight excluding hydrogens is 170 g/mol. The fraction of sp³-hybridized carbons (Fsp3) is 1.00. The van der Waals surface area contributed by atoms with E-state index in [1.165, 1.54) is 0 Å². The maximum Gasteiger partial charge on any atom is 0.0927 e. The van der Waals surface area contributed by atoms with E-state index in [0.717, 1.165) is 12.8 Å². The summed E-state index contributed by atoms with van der Waals surface area (Å²) in [4.78, 5) is 0. The molecule has 0 aromatic rings. The van der Waals surface area contributed by atoms with Gasteiger partial charge in [0, 0.05) is 25.1 Å². The molecule has 1 heterocycles. The van der Waals surface area contributed by atoms with Gasteiger partial charge in [0.25, 0.3) is 0 Å². The van der Waals surface area contributed by atoms with Crippen molar-refractivity contribution < 1.29 is 15.3 Å². The molecule has 0 aromatic carbocycles. The summed E-state index contributed by atoms with van der Waals surface area (Å²) >= 11 is 0.